The van der Waals surface area contributed by atoms with Gasteiger partial charge in [-0.05, 0) is 18.7 Å². The molecular formula is C12H17BrN2O2. The molecule has 1 rings (SSSR count). The van der Waals surface area contributed by atoms with Crippen LogP contribution in [0, 0.1) is 0 Å². The summed E-state index contributed by atoms with van der Waals surface area (Å²) in [4.78, 5) is 12.5. The number of aliphatic carboxylic acids is 1. The zero-order valence-electron chi connectivity index (χ0n) is 9.77. The van der Waals surface area contributed by atoms with Crippen LogP contribution in [0.3, 0.4) is 0 Å². The van der Waals surface area contributed by atoms with Crippen LogP contribution >= 0.6 is 15.9 Å². The number of hydrogen-bond donors (Lipinski definition) is 2. The van der Waals surface area contributed by atoms with E-state index in [4.69, 9.17) is 10.8 Å². The second-order valence-corrected chi connectivity index (χ2v) is 5.00. The summed E-state index contributed by atoms with van der Waals surface area (Å²) in [6.07, 6.45) is 0.000297. The highest BCUT2D eigenvalue weighted by Gasteiger charge is 2.11. The molecule has 0 saturated carbocycles. The van der Waals surface area contributed by atoms with Crippen LogP contribution in [0.25, 0.3) is 0 Å². The van der Waals surface area contributed by atoms with Gasteiger partial charge in [0.2, 0.25) is 0 Å². The van der Waals surface area contributed by atoms with Crippen LogP contribution in [0.2, 0.25) is 0 Å². The van der Waals surface area contributed by atoms with Gasteiger partial charge in [-0.3, -0.25) is 4.79 Å². The average molecular weight is 301 g/mol. The molecule has 4 nitrogen and oxygen atoms in total. The van der Waals surface area contributed by atoms with Gasteiger partial charge < -0.3 is 15.7 Å². The van der Waals surface area contributed by atoms with E-state index in [0.717, 1.165) is 16.6 Å². The molecule has 0 bridgehead atoms. The topological polar surface area (TPSA) is 66.6 Å². The monoisotopic (exact) mass is 300 g/mol. The number of hydrogen-bond acceptors (Lipinski definition) is 3. The highest BCUT2D eigenvalue weighted by molar-refractivity contribution is 9.10. The maximum atomic E-state index is 10.5. The van der Waals surface area contributed by atoms with Crippen molar-refractivity contribution < 1.29 is 9.90 Å². The van der Waals surface area contributed by atoms with E-state index in [1.165, 1.54) is 0 Å². The number of benzene rings is 1. The highest BCUT2D eigenvalue weighted by atomic mass is 79.9. The Hall–Kier alpha value is -0.910. The molecule has 94 valence electrons. The van der Waals surface area contributed by atoms with Gasteiger partial charge in [-0.2, -0.15) is 0 Å². The lowest BCUT2D eigenvalue weighted by Gasteiger charge is -2.20. The molecule has 0 saturated heterocycles. The van der Waals surface area contributed by atoms with Crippen molar-refractivity contribution in [1.82, 2.24) is 4.90 Å². The molecule has 0 heterocycles. The largest absolute Gasteiger partial charge is 0.481 e. The Kier molecular flexibility index (Phi) is 5.61. The molecule has 1 atom stereocenters. The summed E-state index contributed by atoms with van der Waals surface area (Å²) >= 11 is 3.48. The quantitative estimate of drug-likeness (QED) is 0.839. The van der Waals surface area contributed by atoms with Gasteiger partial charge in [0.05, 0.1) is 6.42 Å². The summed E-state index contributed by atoms with van der Waals surface area (Å²) in [5, 5.41) is 8.62. The molecule has 0 amide bonds. The molecule has 1 unspecified atom stereocenters. The number of likely N-dealkylation sites (N-methyl/N-ethyl adjacent to an activating group) is 1. The predicted molar refractivity (Wildman–Crippen MR) is 70.7 cm³/mol. The Labute approximate surface area is 110 Å². The molecule has 0 radical (unpaired) electrons. The van der Waals surface area contributed by atoms with E-state index in [9.17, 15) is 4.79 Å². The van der Waals surface area contributed by atoms with E-state index in [1.807, 2.05) is 36.2 Å². The normalized spacial score (nSPS) is 12.7. The summed E-state index contributed by atoms with van der Waals surface area (Å²) < 4.78 is 1.05. The standard InChI is InChI=1S/C12H17BrN2O2/c1-15(8-10(14)6-12(16)17)7-9-4-2-3-5-11(9)13/h2-5,10H,6-8,14H2,1H3,(H,16,17). The molecule has 17 heavy (non-hydrogen) atoms. The van der Waals surface area contributed by atoms with E-state index in [0.29, 0.717) is 6.54 Å². The lowest BCUT2D eigenvalue weighted by molar-refractivity contribution is -0.137. The third-order valence-corrected chi connectivity index (χ3v) is 3.15. The summed E-state index contributed by atoms with van der Waals surface area (Å²) in [7, 11) is 1.93. The molecule has 0 spiro atoms. The van der Waals surface area contributed by atoms with Gasteiger partial charge in [0, 0.05) is 23.6 Å². The third kappa shape index (κ3) is 5.30. The van der Waals surface area contributed by atoms with Crippen molar-refractivity contribution in [2.24, 2.45) is 5.73 Å². The van der Waals surface area contributed by atoms with Crippen molar-refractivity contribution in [3.8, 4) is 0 Å². The number of carboxylic acids is 1. The second-order valence-electron chi connectivity index (χ2n) is 4.15. The molecule has 1 aromatic rings. The number of halogens is 1. The summed E-state index contributed by atoms with van der Waals surface area (Å²) in [5.74, 6) is -0.855. The summed E-state index contributed by atoms with van der Waals surface area (Å²) in [6.45, 7) is 1.31. The van der Waals surface area contributed by atoms with Gasteiger partial charge in [-0.15, -0.1) is 0 Å². The molecular weight excluding hydrogens is 284 g/mol. The van der Waals surface area contributed by atoms with Crippen LogP contribution in [0.4, 0.5) is 0 Å². The van der Waals surface area contributed by atoms with Gasteiger partial charge in [-0.1, -0.05) is 34.1 Å². The molecule has 0 aliphatic carbocycles. The number of carbonyl (C=O) groups is 1. The van der Waals surface area contributed by atoms with Gasteiger partial charge >= 0.3 is 5.97 Å². The summed E-state index contributed by atoms with van der Waals surface area (Å²) in [5.41, 5.74) is 6.90. The Morgan fingerprint density at radius 3 is 2.76 bits per heavy atom. The minimum atomic E-state index is -0.855. The molecule has 0 aromatic heterocycles. The van der Waals surface area contributed by atoms with Crippen LogP contribution in [0.5, 0.6) is 0 Å². The number of nitrogens with two attached hydrogens (primary N) is 1. The van der Waals surface area contributed by atoms with Gasteiger partial charge in [-0.25, -0.2) is 0 Å². The Morgan fingerprint density at radius 1 is 1.53 bits per heavy atom. The Balaban J connectivity index is 2.47. The van der Waals surface area contributed by atoms with Crippen molar-refractivity contribution in [1.29, 1.82) is 0 Å². The predicted octanol–water partition coefficient (Wildman–Crippen LogP) is 1.68. The van der Waals surface area contributed by atoms with Crippen LogP contribution in [0.1, 0.15) is 12.0 Å². The number of nitrogens with zero attached hydrogens (tertiary/aromatic N) is 1. The van der Waals surface area contributed by atoms with Crippen molar-refractivity contribution in [3.63, 3.8) is 0 Å². The van der Waals surface area contributed by atoms with Gasteiger partial charge in [0.1, 0.15) is 0 Å². The highest BCUT2D eigenvalue weighted by Crippen LogP contribution is 2.17. The zero-order valence-corrected chi connectivity index (χ0v) is 11.4. The lowest BCUT2D eigenvalue weighted by atomic mass is 10.2. The third-order valence-electron chi connectivity index (χ3n) is 2.38. The SMILES string of the molecule is CN(Cc1ccccc1Br)CC(N)CC(=O)O. The van der Waals surface area contributed by atoms with Crippen molar-refractivity contribution >= 4 is 21.9 Å². The first-order chi connectivity index (χ1) is 7.99. The van der Waals surface area contributed by atoms with Gasteiger partial charge in [0.15, 0.2) is 0 Å². The van der Waals surface area contributed by atoms with Crippen LogP contribution in [-0.4, -0.2) is 35.6 Å². The Bertz CT molecular complexity index is 385. The van der Waals surface area contributed by atoms with Gasteiger partial charge in [0.25, 0.3) is 0 Å². The van der Waals surface area contributed by atoms with E-state index in [1.54, 1.807) is 0 Å². The maximum Gasteiger partial charge on any atom is 0.304 e. The number of carboxylic acid groups (broad SMARTS) is 1. The molecule has 0 aliphatic heterocycles. The second kappa shape index (κ2) is 6.74. The zero-order chi connectivity index (χ0) is 12.8. The van der Waals surface area contributed by atoms with Crippen molar-refractivity contribution in [3.05, 3.63) is 34.3 Å². The van der Waals surface area contributed by atoms with Crippen LogP contribution in [0.15, 0.2) is 28.7 Å². The number of rotatable bonds is 6. The molecule has 0 aliphatic rings. The molecule has 1 aromatic carbocycles. The maximum absolute atomic E-state index is 10.5. The molecule has 5 heteroatoms. The first kappa shape index (κ1) is 14.2. The fourth-order valence-electron chi connectivity index (χ4n) is 1.67. The van der Waals surface area contributed by atoms with Crippen LogP contribution < -0.4 is 5.73 Å². The summed E-state index contributed by atoms with van der Waals surface area (Å²) in [6, 6.07) is 7.62. The van der Waals surface area contributed by atoms with E-state index in [2.05, 4.69) is 15.9 Å². The average Bonchev–Trinajstić information content (AvgIpc) is 2.19. The minimum Gasteiger partial charge on any atom is -0.481 e. The van der Waals surface area contributed by atoms with Crippen LogP contribution in [-0.2, 0) is 11.3 Å². The molecule has 3 N–H and O–H groups in total. The first-order valence-corrected chi connectivity index (χ1v) is 6.17. The lowest BCUT2D eigenvalue weighted by Crippen LogP contribution is -2.36. The smallest absolute Gasteiger partial charge is 0.304 e. The fourth-order valence-corrected chi connectivity index (χ4v) is 2.08. The fraction of sp³-hybridized carbons (Fsp3) is 0.417. The first-order valence-electron chi connectivity index (χ1n) is 5.38. The minimum absolute atomic E-state index is 0.000297. The van der Waals surface area contributed by atoms with Crippen molar-refractivity contribution in [2.45, 2.75) is 19.0 Å². The Morgan fingerprint density at radius 2 is 2.18 bits per heavy atom. The van der Waals surface area contributed by atoms with Crippen molar-refractivity contribution in [2.75, 3.05) is 13.6 Å². The molecule has 0 fully saturated rings. The van der Waals surface area contributed by atoms with E-state index in [-0.39, 0.29) is 12.5 Å². The van der Waals surface area contributed by atoms with E-state index < -0.39 is 5.97 Å². The van der Waals surface area contributed by atoms with E-state index >= 15 is 0 Å².